The molecule has 6 aromatic carbocycles. The molecule has 2 aliphatic rings. The summed E-state index contributed by atoms with van der Waals surface area (Å²) in [6.07, 6.45) is 15.2. The maximum Gasteiger partial charge on any atom is -1.00 e. The van der Waals surface area contributed by atoms with Crippen molar-refractivity contribution in [3.63, 3.8) is 0 Å². The van der Waals surface area contributed by atoms with Crippen molar-refractivity contribution in [2.24, 2.45) is 11.8 Å². The van der Waals surface area contributed by atoms with E-state index in [9.17, 15) is 13.2 Å². The molecule has 0 nitrogen and oxygen atoms in total. The fourth-order valence-corrected chi connectivity index (χ4v) is 11.3. The van der Waals surface area contributed by atoms with Gasteiger partial charge >= 0.3 is 67.1 Å². The van der Waals surface area contributed by atoms with Gasteiger partial charge < -0.3 is 24.8 Å². The zero-order chi connectivity index (χ0) is 45.2. The molecule has 6 aromatic rings. The Hall–Kier alpha value is -2.43. The summed E-state index contributed by atoms with van der Waals surface area (Å²) in [7, 11) is 0. The zero-order valence-corrected chi connectivity index (χ0v) is 45.2. The number of alkyl halides is 3. The zero-order valence-electron chi connectivity index (χ0n) is 40.3. The van der Waals surface area contributed by atoms with Crippen LogP contribution in [0.3, 0.4) is 0 Å². The largest absolute Gasteiger partial charge is 1.00 e. The molecule has 0 atom stereocenters. The van der Waals surface area contributed by atoms with Crippen LogP contribution >= 0.6 is 0 Å². The van der Waals surface area contributed by atoms with Gasteiger partial charge in [-0.2, -0.15) is 12.1 Å². The Labute approximate surface area is 418 Å². The van der Waals surface area contributed by atoms with Gasteiger partial charge in [0.05, 0.1) is 0 Å². The Morgan fingerprint density at radius 2 is 0.892 bits per heavy atom. The molecule has 0 amide bonds. The van der Waals surface area contributed by atoms with Crippen molar-refractivity contribution in [2.45, 2.75) is 167 Å². The number of halogens is 5. The smallest absolute Gasteiger partial charge is 1.00 e. The average molecular weight is 1020 g/mol. The molecule has 65 heavy (non-hydrogen) atoms. The van der Waals surface area contributed by atoms with E-state index in [2.05, 4.69) is 151 Å². The molecule has 8 rings (SSSR count). The molecular formula is C58H73Cl2F3SiZr-2. The van der Waals surface area contributed by atoms with Gasteiger partial charge in [-0.15, -0.1) is 69.1 Å². The number of benzene rings is 4. The Morgan fingerprint density at radius 3 is 1.18 bits per heavy atom. The minimum absolute atomic E-state index is 0. The van der Waals surface area contributed by atoms with Crippen molar-refractivity contribution in [3.05, 3.63) is 131 Å². The maximum atomic E-state index is 11.4. The van der Waals surface area contributed by atoms with Gasteiger partial charge in [0.2, 0.25) is 0 Å². The quantitative estimate of drug-likeness (QED) is 0.0810. The van der Waals surface area contributed by atoms with Crippen molar-refractivity contribution in [1.82, 2.24) is 0 Å². The number of fused-ring (bicyclic) bond motifs is 2. The summed E-state index contributed by atoms with van der Waals surface area (Å²) in [6, 6.07) is 42.1. The van der Waals surface area contributed by atoms with Crippen molar-refractivity contribution in [3.8, 4) is 22.3 Å². The van der Waals surface area contributed by atoms with Crippen LogP contribution in [0.25, 0.3) is 43.8 Å². The Kier molecular flexibility index (Phi) is 21.4. The molecule has 0 radical (unpaired) electrons. The van der Waals surface area contributed by atoms with E-state index >= 15 is 0 Å². The summed E-state index contributed by atoms with van der Waals surface area (Å²) in [5.74, 6) is 1.78. The average Bonchev–Trinajstić information content (AvgIpc) is 3.62. The Morgan fingerprint density at radius 1 is 0.538 bits per heavy atom. The van der Waals surface area contributed by atoms with Crippen LogP contribution in [0.5, 0.6) is 0 Å². The first-order chi connectivity index (χ1) is 29.9. The summed E-state index contributed by atoms with van der Waals surface area (Å²) in [4.78, 5) is 0. The van der Waals surface area contributed by atoms with Crippen LogP contribution in [0.15, 0.2) is 109 Å². The van der Waals surface area contributed by atoms with Crippen LogP contribution in [0.2, 0.25) is 12.6 Å². The van der Waals surface area contributed by atoms with Crippen LogP contribution in [0.1, 0.15) is 147 Å². The topological polar surface area (TPSA) is 0 Å². The first-order valence-electron chi connectivity index (χ1n) is 24.1. The van der Waals surface area contributed by atoms with Crippen molar-refractivity contribution in [1.29, 1.82) is 0 Å². The summed E-state index contributed by atoms with van der Waals surface area (Å²) >= 11 is 1.29. The second-order valence-electron chi connectivity index (χ2n) is 21.0. The molecule has 0 N–H and O–H groups in total. The third-order valence-corrected chi connectivity index (χ3v) is 16.4. The molecule has 0 saturated heterocycles. The number of hydrogen-bond acceptors (Lipinski definition) is 0. The molecular weight excluding hydrogens is 944 g/mol. The van der Waals surface area contributed by atoms with Crippen molar-refractivity contribution >= 4 is 27.0 Å². The van der Waals surface area contributed by atoms with Crippen LogP contribution in [-0.4, -0.2) is 11.6 Å². The van der Waals surface area contributed by atoms with E-state index in [1.165, 1.54) is 179 Å². The maximum absolute atomic E-state index is 11.4. The van der Waals surface area contributed by atoms with Crippen LogP contribution in [0, 0.1) is 11.8 Å². The number of rotatable bonds is 8. The van der Waals surface area contributed by atoms with Gasteiger partial charge in [0.15, 0.2) is 0 Å². The fraction of sp³-hybridized carbons (Fsp3) is 0.483. The van der Waals surface area contributed by atoms with Gasteiger partial charge in [0, 0.05) is 0 Å². The predicted octanol–water partition coefficient (Wildman–Crippen LogP) is 12.2. The normalized spacial score (nSPS) is 15.4. The van der Waals surface area contributed by atoms with E-state index in [0.29, 0.717) is 6.04 Å². The predicted molar refractivity (Wildman–Crippen MR) is 264 cm³/mol. The van der Waals surface area contributed by atoms with Gasteiger partial charge in [0.25, 0.3) is 0 Å². The molecule has 0 spiro atoms. The Balaban J connectivity index is 0.000000234. The van der Waals surface area contributed by atoms with E-state index in [1.54, 1.807) is 0 Å². The number of hydrogen-bond donors (Lipinski definition) is 0. The fourth-order valence-electron chi connectivity index (χ4n) is 9.76. The molecule has 0 aliphatic heterocycles. The second kappa shape index (κ2) is 25.3. The first-order valence-corrected chi connectivity index (χ1v) is 30.0. The van der Waals surface area contributed by atoms with Crippen LogP contribution < -0.4 is 24.8 Å². The third-order valence-electron chi connectivity index (χ3n) is 13.5. The Bertz CT molecular complexity index is 2190. The van der Waals surface area contributed by atoms with E-state index < -0.39 is 18.0 Å². The molecule has 0 bridgehead atoms. The van der Waals surface area contributed by atoms with E-state index in [1.807, 2.05) is 6.55 Å². The molecule has 0 aromatic heterocycles. The third kappa shape index (κ3) is 16.9. The van der Waals surface area contributed by atoms with Crippen LogP contribution in [0.4, 0.5) is 13.2 Å². The molecule has 0 heterocycles. The molecule has 0 unspecified atom stereocenters. The summed E-state index contributed by atoms with van der Waals surface area (Å²) in [6.45, 7) is 15.6. The van der Waals surface area contributed by atoms with Gasteiger partial charge in [-0.25, -0.2) is 0 Å². The van der Waals surface area contributed by atoms with Gasteiger partial charge in [-0.1, -0.05) is 190 Å². The van der Waals surface area contributed by atoms with E-state index in [-0.39, 0.29) is 35.6 Å². The van der Waals surface area contributed by atoms with Crippen molar-refractivity contribution < 1.29 is 61.3 Å². The SMILES string of the molecule is CC(C)(C)c1ccc(-c2cccc3[cH-]c(CC4CCCCCC4)cc23)cc1.CC(C)(C)c1ccc(-c2cccc3[cH-]c(CC4CCCCCC4)cc23)cc1.C[Si](=[Zr+2])CCC(F)(F)F.[Cl-].[Cl-]. The molecule has 2 fully saturated rings. The second-order valence-corrected chi connectivity index (χ2v) is 29.4. The summed E-state index contributed by atoms with van der Waals surface area (Å²) in [5.41, 5.74) is 11.1. The van der Waals surface area contributed by atoms with E-state index in [0.717, 1.165) is 11.8 Å². The molecule has 7 heteroatoms. The minimum atomic E-state index is -3.93. The first kappa shape index (κ1) is 55.2. The summed E-state index contributed by atoms with van der Waals surface area (Å²) < 4.78 is 34.3. The molecule has 2 saturated carbocycles. The minimum Gasteiger partial charge on any atom is -1.00 e. The van der Waals surface area contributed by atoms with Gasteiger partial charge in [-0.3, -0.25) is 0 Å². The molecule has 2 aliphatic carbocycles. The van der Waals surface area contributed by atoms with Crippen LogP contribution in [-0.2, 0) is 47.0 Å². The standard InChI is InChI=1S/2C27H33.C4H7F3Si.2ClH.Zr/c2*1-27(2,3)24-15-13-22(14-16-24)25-12-8-11-23-18-21(19-26(23)25)17-20-9-6-4-5-7-10-20;1-8-3-2-4(5,6)7;;;/h2*8,11-16,18-20H,4-7,9-10,17H2,1-3H3;2-3H2,1H3;2*1H;/q2*-1;;;;+2/p-2. The van der Waals surface area contributed by atoms with Gasteiger partial charge in [0.1, 0.15) is 0 Å². The molecule has 350 valence electrons. The van der Waals surface area contributed by atoms with Crippen molar-refractivity contribution in [2.75, 3.05) is 0 Å². The summed E-state index contributed by atoms with van der Waals surface area (Å²) in [5, 5.41) is 5.64. The monoisotopic (exact) mass is 1010 g/mol. The van der Waals surface area contributed by atoms with E-state index in [4.69, 9.17) is 0 Å². The van der Waals surface area contributed by atoms with Gasteiger partial charge in [-0.05, 0) is 57.8 Å².